The third-order valence-electron chi connectivity index (χ3n) is 9.44. The number of ketones is 1. The molecule has 1 aliphatic heterocycles. The lowest BCUT2D eigenvalue weighted by atomic mass is 9.94. The number of unbranched alkanes of at least 4 members (excludes halogenated alkanes) is 15. The Hall–Kier alpha value is -4.00. The largest absolute Gasteiger partial charge is 0.481 e. The normalized spacial score (nSPS) is 13.1. The van der Waals surface area contributed by atoms with Gasteiger partial charge in [0.15, 0.2) is 0 Å². The Bertz CT molecular complexity index is 1230. The molecule has 1 rings (SSSR count). The van der Waals surface area contributed by atoms with E-state index in [0.29, 0.717) is 11.5 Å². The molecule has 0 spiro atoms. The highest BCUT2D eigenvalue weighted by Gasteiger charge is 2.32. The molecule has 0 aromatic rings. The minimum Gasteiger partial charge on any atom is -0.481 e. The van der Waals surface area contributed by atoms with E-state index in [9.17, 15) is 43.5 Å². The van der Waals surface area contributed by atoms with Crippen LogP contribution in [-0.2, 0) is 62.1 Å². The molecule has 59 heavy (non-hydrogen) atoms. The average molecular weight is 844 g/mol. The maximum Gasteiger partial charge on any atom is 0.358 e. The summed E-state index contributed by atoms with van der Waals surface area (Å²) in [7, 11) is 0. The number of carbonyl (C=O) groups is 8. The van der Waals surface area contributed by atoms with E-state index in [0.717, 1.165) is 44.9 Å². The van der Waals surface area contributed by atoms with Crippen LogP contribution in [-0.4, -0.2) is 129 Å². The fourth-order valence-electron chi connectivity index (χ4n) is 6.13. The van der Waals surface area contributed by atoms with Crippen LogP contribution in [0, 0.1) is 5.92 Å². The van der Waals surface area contributed by atoms with Crippen LogP contribution >= 0.6 is 0 Å². The summed E-state index contributed by atoms with van der Waals surface area (Å²) in [5.41, 5.74) is 0. The van der Waals surface area contributed by atoms with Gasteiger partial charge in [-0.2, -0.15) is 0 Å². The first kappa shape index (κ1) is 53.0. The molecule has 18 heteroatoms. The van der Waals surface area contributed by atoms with Crippen molar-refractivity contribution in [3.63, 3.8) is 0 Å². The van der Waals surface area contributed by atoms with Gasteiger partial charge in [0, 0.05) is 45.2 Å². The number of hydrogen-bond donors (Lipinski definition) is 4. The summed E-state index contributed by atoms with van der Waals surface area (Å²) in [5, 5.41) is 23.9. The lowest BCUT2D eigenvalue weighted by molar-refractivity contribution is -0.200. The maximum absolute atomic E-state index is 12.6. The molecule has 338 valence electrons. The number of nitrogens with zero attached hydrogens (tertiary/aromatic N) is 1. The van der Waals surface area contributed by atoms with Gasteiger partial charge >= 0.3 is 17.9 Å². The van der Waals surface area contributed by atoms with Crippen molar-refractivity contribution in [1.29, 1.82) is 0 Å². The van der Waals surface area contributed by atoms with Crippen molar-refractivity contribution in [1.82, 2.24) is 15.7 Å². The predicted octanol–water partition coefficient (Wildman–Crippen LogP) is 4.05. The van der Waals surface area contributed by atoms with E-state index in [4.69, 9.17) is 24.1 Å². The molecular formula is C41H69N3O15. The van der Waals surface area contributed by atoms with E-state index in [-0.39, 0.29) is 115 Å². The van der Waals surface area contributed by atoms with Crippen molar-refractivity contribution < 1.29 is 72.4 Å². The molecule has 1 saturated heterocycles. The van der Waals surface area contributed by atoms with E-state index in [2.05, 4.69) is 15.5 Å². The molecule has 0 aromatic carbocycles. The fraction of sp³-hybridized carbons (Fsp3) is 0.805. The second-order valence-electron chi connectivity index (χ2n) is 14.5. The average Bonchev–Trinajstić information content (AvgIpc) is 3.51. The molecule has 1 fully saturated rings. The number of rotatable bonds is 41. The monoisotopic (exact) mass is 843 g/mol. The number of nitrogens with one attached hydrogen (secondary N) is 2. The second-order valence-corrected chi connectivity index (χ2v) is 14.5. The van der Waals surface area contributed by atoms with Crippen molar-refractivity contribution in [2.45, 2.75) is 141 Å². The molecule has 0 aliphatic carbocycles. The standard InChI is InChI=1S/C41H69N3O15/c45-34(17-15-13-11-9-7-5-3-1-2-4-6-8-10-12-14-16-18-39(50)51)33(41(53)54)19-20-35(46)42-23-25-55-27-29-57-31-36(47)43-24-26-56-28-30-58-32-40(52)59-44-37(48)21-22-38(44)49/h33H,1-32H2,(H,42,46)(H,43,47)(H,50,51)(H,53,54)/t33-/m0/s1. The lowest BCUT2D eigenvalue weighted by Gasteiger charge is -2.12. The molecule has 1 heterocycles. The molecular weight excluding hydrogens is 774 g/mol. The first-order valence-electron chi connectivity index (χ1n) is 21.4. The summed E-state index contributed by atoms with van der Waals surface area (Å²) in [6.07, 6.45) is 17.9. The zero-order valence-electron chi connectivity index (χ0n) is 34.9. The van der Waals surface area contributed by atoms with E-state index >= 15 is 0 Å². The summed E-state index contributed by atoms with van der Waals surface area (Å²) in [4.78, 5) is 97.9. The molecule has 0 radical (unpaired) electrons. The fourth-order valence-corrected chi connectivity index (χ4v) is 6.13. The summed E-state index contributed by atoms with van der Waals surface area (Å²) >= 11 is 0. The first-order valence-corrected chi connectivity index (χ1v) is 21.4. The summed E-state index contributed by atoms with van der Waals surface area (Å²) in [6.45, 7) is 0.640. The van der Waals surface area contributed by atoms with Crippen LogP contribution in [0.1, 0.15) is 141 Å². The second kappa shape index (κ2) is 35.9. The van der Waals surface area contributed by atoms with Gasteiger partial charge in [-0.1, -0.05) is 89.9 Å². The molecule has 0 bridgehead atoms. The quantitative estimate of drug-likeness (QED) is 0.0385. The predicted molar refractivity (Wildman–Crippen MR) is 213 cm³/mol. The molecule has 1 atom stereocenters. The van der Waals surface area contributed by atoms with Crippen LogP contribution in [0.5, 0.6) is 0 Å². The Balaban J connectivity index is 1.91. The summed E-state index contributed by atoms with van der Waals surface area (Å²) < 4.78 is 21.0. The van der Waals surface area contributed by atoms with Gasteiger partial charge in [0.2, 0.25) is 11.8 Å². The number of carbonyl (C=O) groups excluding carboxylic acids is 6. The lowest BCUT2D eigenvalue weighted by Crippen LogP contribution is -2.33. The number of Topliss-reactive ketones (excluding diaryl/α,β-unsaturated/α-hetero) is 1. The number of hydrogen-bond acceptors (Lipinski definition) is 13. The topological polar surface area (TPSA) is 250 Å². The van der Waals surface area contributed by atoms with Crippen LogP contribution in [0.25, 0.3) is 0 Å². The first-order chi connectivity index (χ1) is 28.5. The van der Waals surface area contributed by atoms with Crippen LogP contribution in [0.3, 0.4) is 0 Å². The number of amides is 4. The third kappa shape index (κ3) is 30.7. The van der Waals surface area contributed by atoms with Crippen LogP contribution < -0.4 is 10.6 Å². The Morgan fingerprint density at radius 2 is 0.949 bits per heavy atom. The van der Waals surface area contributed by atoms with Gasteiger partial charge in [0.1, 0.15) is 24.9 Å². The molecule has 4 N–H and O–H groups in total. The van der Waals surface area contributed by atoms with Crippen LogP contribution in [0.2, 0.25) is 0 Å². The van der Waals surface area contributed by atoms with Crippen molar-refractivity contribution in [3.8, 4) is 0 Å². The minimum absolute atomic E-state index is 0.00306. The van der Waals surface area contributed by atoms with Gasteiger partial charge in [-0.05, 0) is 19.3 Å². The number of hydroxylamine groups is 2. The van der Waals surface area contributed by atoms with Crippen molar-refractivity contribution >= 4 is 47.3 Å². The van der Waals surface area contributed by atoms with E-state index in [1.165, 1.54) is 51.4 Å². The third-order valence-corrected chi connectivity index (χ3v) is 9.44. The molecule has 0 saturated carbocycles. The number of aliphatic carboxylic acids is 2. The highest BCUT2D eigenvalue weighted by atomic mass is 16.7. The Labute approximate surface area is 348 Å². The zero-order chi connectivity index (χ0) is 43.4. The molecule has 0 unspecified atom stereocenters. The maximum atomic E-state index is 12.6. The summed E-state index contributed by atoms with van der Waals surface area (Å²) in [6, 6.07) is 0. The van der Waals surface area contributed by atoms with Gasteiger partial charge in [-0.25, -0.2) is 4.79 Å². The number of carboxylic acid groups (broad SMARTS) is 2. The number of ether oxygens (including phenoxy) is 4. The van der Waals surface area contributed by atoms with Crippen molar-refractivity contribution in [3.05, 3.63) is 0 Å². The van der Waals surface area contributed by atoms with Crippen LogP contribution in [0.4, 0.5) is 0 Å². The van der Waals surface area contributed by atoms with Crippen LogP contribution in [0.15, 0.2) is 0 Å². The zero-order valence-corrected chi connectivity index (χ0v) is 34.9. The molecule has 0 aromatic heterocycles. The SMILES string of the molecule is O=C(O)CCCCCCCCCCCCCCCCCCC(=O)[C@H](CCC(=O)NCCOCCOCC(=O)NCCOCCOCC(=O)ON1C(=O)CCC1=O)C(=O)O. The van der Waals surface area contributed by atoms with Gasteiger partial charge in [0.25, 0.3) is 11.8 Å². The summed E-state index contributed by atoms with van der Waals surface area (Å²) in [5.74, 6) is -6.21. The molecule has 4 amide bonds. The Kier molecular flexibility index (Phi) is 32.3. The Morgan fingerprint density at radius 1 is 0.525 bits per heavy atom. The van der Waals surface area contributed by atoms with Crippen molar-refractivity contribution in [2.24, 2.45) is 5.92 Å². The number of carboxylic acids is 2. The van der Waals surface area contributed by atoms with E-state index in [1.54, 1.807) is 0 Å². The highest BCUT2D eigenvalue weighted by molar-refractivity contribution is 6.01. The molecule has 18 nitrogen and oxygen atoms in total. The van der Waals surface area contributed by atoms with Gasteiger partial charge in [-0.15, -0.1) is 5.06 Å². The van der Waals surface area contributed by atoms with Gasteiger partial charge in [-0.3, -0.25) is 33.6 Å². The number of imide groups is 1. The van der Waals surface area contributed by atoms with Gasteiger partial charge < -0.3 is 44.6 Å². The van der Waals surface area contributed by atoms with Crippen molar-refractivity contribution in [2.75, 3.05) is 65.9 Å². The Morgan fingerprint density at radius 3 is 1.42 bits per heavy atom. The van der Waals surface area contributed by atoms with E-state index < -0.39 is 42.2 Å². The highest BCUT2D eigenvalue weighted by Crippen LogP contribution is 2.17. The smallest absolute Gasteiger partial charge is 0.358 e. The van der Waals surface area contributed by atoms with Gasteiger partial charge in [0.05, 0.1) is 39.6 Å². The minimum atomic E-state index is -1.21. The van der Waals surface area contributed by atoms with E-state index in [1.807, 2.05) is 0 Å². The molecule has 1 aliphatic rings.